The maximum atomic E-state index is 13.5. The number of aliphatic hydroxyl groups is 1. The van der Waals surface area contributed by atoms with Crippen LogP contribution in [0.1, 0.15) is 18.4 Å². The molecule has 3 N–H and O–H groups in total. The first-order valence-corrected chi connectivity index (χ1v) is 5.59. The van der Waals surface area contributed by atoms with Crippen molar-refractivity contribution in [2.45, 2.75) is 25.4 Å². The number of hydrogen-bond acceptors (Lipinski definition) is 3. The summed E-state index contributed by atoms with van der Waals surface area (Å²) >= 11 is 0. The maximum Gasteiger partial charge on any atom is 0.127 e. The highest BCUT2D eigenvalue weighted by molar-refractivity contribution is 5.41. The molecule has 0 radical (unpaired) electrons. The largest absolute Gasteiger partial charge is 0.399 e. The SMILES string of the molecule is Nc1ccc(F)c(CN2CCCC2CO)c1. The molecule has 88 valence electrons. The van der Waals surface area contributed by atoms with Crippen molar-refractivity contribution in [2.75, 3.05) is 18.9 Å². The molecule has 2 rings (SSSR count). The van der Waals surface area contributed by atoms with E-state index >= 15 is 0 Å². The predicted molar refractivity (Wildman–Crippen MR) is 61.3 cm³/mol. The second-order valence-electron chi connectivity index (χ2n) is 4.30. The fraction of sp³-hybridized carbons (Fsp3) is 0.500. The summed E-state index contributed by atoms with van der Waals surface area (Å²) in [7, 11) is 0. The molecular formula is C12H17FN2O. The second kappa shape index (κ2) is 4.80. The van der Waals surface area contributed by atoms with Gasteiger partial charge < -0.3 is 10.8 Å². The van der Waals surface area contributed by atoms with E-state index in [0.29, 0.717) is 17.8 Å². The summed E-state index contributed by atoms with van der Waals surface area (Å²) in [5, 5.41) is 9.18. The standard InChI is InChI=1S/C12H17FN2O/c13-12-4-3-10(14)6-9(12)7-15-5-1-2-11(15)8-16/h3-4,6,11,16H,1-2,5,7-8,14H2. The first-order valence-electron chi connectivity index (χ1n) is 5.59. The van der Waals surface area contributed by atoms with E-state index in [-0.39, 0.29) is 18.5 Å². The normalized spacial score (nSPS) is 21.5. The van der Waals surface area contributed by atoms with Crippen LogP contribution in [-0.4, -0.2) is 29.2 Å². The summed E-state index contributed by atoms with van der Waals surface area (Å²) in [5.41, 5.74) is 6.83. The Morgan fingerprint density at radius 2 is 2.31 bits per heavy atom. The van der Waals surface area contributed by atoms with Crippen LogP contribution in [0.4, 0.5) is 10.1 Å². The van der Waals surface area contributed by atoms with Crippen molar-refractivity contribution in [3.8, 4) is 0 Å². The van der Waals surface area contributed by atoms with Gasteiger partial charge in [-0.2, -0.15) is 0 Å². The van der Waals surface area contributed by atoms with Gasteiger partial charge >= 0.3 is 0 Å². The van der Waals surface area contributed by atoms with Crippen LogP contribution in [0.15, 0.2) is 18.2 Å². The van der Waals surface area contributed by atoms with Gasteiger partial charge in [0.1, 0.15) is 5.82 Å². The molecule has 1 atom stereocenters. The van der Waals surface area contributed by atoms with E-state index in [1.165, 1.54) is 6.07 Å². The molecule has 4 heteroatoms. The summed E-state index contributed by atoms with van der Waals surface area (Å²) in [6, 6.07) is 4.80. The quantitative estimate of drug-likeness (QED) is 0.762. The van der Waals surface area contributed by atoms with Crippen LogP contribution in [0.3, 0.4) is 0 Å². The molecular weight excluding hydrogens is 207 g/mol. The van der Waals surface area contributed by atoms with Gasteiger partial charge in [-0.3, -0.25) is 4.90 Å². The third-order valence-electron chi connectivity index (χ3n) is 3.15. The summed E-state index contributed by atoms with van der Waals surface area (Å²) in [6.45, 7) is 1.59. The highest BCUT2D eigenvalue weighted by Gasteiger charge is 2.24. The summed E-state index contributed by atoms with van der Waals surface area (Å²) in [4.78, 5) is 2.11. The van der Waals surface area contributed by atoms with Gasteiger partial charge in [-0.25, -0.2) is 4.39 Å². The molecule has 1 unspecified atom stereocenters. The van der Waals surface area contributed by atoms with E-state index in [1.807, 2.05) is 0 Å². The molecule has 0 saturated carbocycles. The zero-order valence-electron chi connectivity index (χ0n) is 9.19. The molecule has 1 aliphatic rings. The van der Waals surface area contributed by atoms with Crippen LogP contribution in [0, 0.1) is 5.82 Å². The van der Waals surface area contributed by atoms with E-state index in [0.717, 1.165) is 19.4 Å². The van der Waals surface area contributed by atoms with Gasteiger partial charge in [-0.1, -0.05) is 0 Å². The zero-order chi connectivity index (χ0) is 11.5. The minimum atomic E-state index is -0.224. The number of aliphatic hydroxyl groups excluding tert-OH is 1. The van der Waals surface area contributed by atoms with Crippen molar-refractivity contribution >= 4 is 5.69 Å². The predicted octanol–water partition coefficient (Wildman–Crippen LogP) is 1.36. The molecule has 1 heterocycles. The molecule has 0 bridgehead atoms. The second-order valence-corrected chi connectivity index (χ2v) is 4.30. The average Bonchev–Trinajstić information content (AvgIpc) is 2.71. The molecule has 0 amide bonds. The van der Waals surface area contributed by atoms with E-state index < -0.39 is 0 Å². The molecule has 3 nitrogen and oxygen atoms in total. The number of nitrogens with zero attached hydrogens (tertiary/aromatic N) is 1. The number of anilines is 1. The maximum absolute atomic E-state index is 13.5. The Bertz CT molecular complexity index is 370. The van der Waals surface area contributed by atoms with Crippen molar-refractivity contribution < 1.29 is 9.50 Å². The van der Waals surface area contributed by atoms with E-state index in [2.05, 4.69) is 4.90 Å². The van der Waals surface area contributed by atoms with E-state index in [4.69, 9.17) is 5.73 Å². The number of benzene rings is 1. The minimum Gasteiger partial charge on any atom is -0.399 e. The van der Waals surface area contributed by atoms with Gasteiger partial charge in [-0.05, 0) is 37.6 Å². The Balaban J connectivity index is 2.11. The van der Waals surface area contributed by atoms with Crippen LogP contribution in [0.25, 0.3) is 0 Å². The Morgan fingerprint density at radius 3 is 3.06 bits per heavy atom. The van der Waals surface area contributed by atoms with Crippen LogP contribution in [0.5, 0.6) is 0 Å². The molecule has 1 aromatic rings. The van der Waals surface area contributed by atoms with Crippen LogP contribution < -0.4 is 5.73 Å². The minimum absolute atomic E-state index is 0.143. The summed E-state index contributed by atoms with van der Waals surface area (Å²) in [6.07, 6.45) is 2.05. The first kappa shape index (κ1) is 11.4. The molecule has 1 aromatic carbocycles. The fourth-order valence-electron chi connectivity index (χ4n) is 2.24. The first-order chi connectivity index (χ1) is 7.70. The summed E-state index contributed by atoms with van der Waals surface area (Å²) in [5.74, 6) is -0.224. The highest BCUT2D eigenvalue weighted by atomic mass is 19.1. The number of nitrogen functional groups attached to an aromatic ring is 1. The van der Waals surface area contributed by atoms with Crippen molar-refractivity contribution in [3.63, 3.8) is 0 Å². The molecule has 1 saturated heterocycles. The Labute approximate surface area is 94.7 Å². The Hall–Kier alpha value is -1.13. The third-order valence-corrected chi connectivity index (χ3v) is 3.15. The van der Waals surface area contributed by atoms with Crippen molar-refractivity contribution in [1.82, 2.24) is 4.90 Å². The Morgan fingerprint density at radius 1 is 1.50 bits per heavy atom. The Kier molecular flexibility index (Phi) is 3.41. The lowest BCUT2D eigenvalue weighted by Gasteiger charge is -2.22. The lowest BCUT2D eigenvalue weighted by Crippen LogP contribution is -2.31. The lowest BCUT2D eigenvalue weighted by atomic mass is 10.1. The van der Waals surface area contributed by atoms with Crippen molar-refractivity contribution in [1.29, 1.82) is 0 Å². The number of rotatable bonds is 3. The molecule has 1 fully saturated rings. The molecule has 16 heavy (non-hydrogen) atoms. The van der Waals surface area contributed by atoms with Gasteiger partial charge in [0, 0.05) is 23.8 Å². The van der Waals surface area contributed by atoms with Gasteiger partial charge in [0.05, 0.1) is 6.61 Å². The third kappa shape index (κ3) is 2.33. The van der Waals surface area contributed by atoms with Crippen LogP contribution >= 0.6 is 0 Å². The van der Waals surface area contributed by atoms with Crippen LogP contribution in [-0.2, 0) is 6.54 Å². The number of nitrogens with two attached hydrogens (primary N) is 1. The lowest BCUT2D eigenvalue weighted by molar-refractivity contribution is 0.152. The van der Waals surface area contributed by atoms with Gasteiger partial charge in [0.2, 0.25) is 0 Å². The smallest absolute Gasteiger partial charge is 0.127 e. The highest BCUT2D eigenvalue weighted by Crippen LogP contribution is 2.21. The zero-order valence-corrected chi connectivity index (χ0v) is 9.19. The van der Waals surface area contributed by atoms with Crippen molar-refractivity contribution in [3.05, 3.63) is 29.6 Å². The van der Waals surface area contributed by atoms with Gasteiger partial charge in [0.25, 0.3) is 0 Å². The van der Waals surface area contributed by atoms with Crippen LogP contribution in [0.2, 0.25) is 0 Å². The topological polar surface area (TPSA) is 49.5 Å². The number of likely N-dealkylation sites (tertiary alicyclic amines) is 1. The summed E-state index contributed by atoms with van der Waals surface area (Å²) < 4.78 is 13.5. The van der Waals surface area contributed by atoms with Gasteiger partial charge in [0.15, 0.2) is 0 Å². The average molecular weight is 224 g/mol. The number of hydrogen-bond donors (Lipinski definition) is 2. The fourth-order valence-corrected chi connectivity index (χ4v) is 2.24. The monoisotopic (exact) mass is 224 g/mol. The molecule has 0 spiro atoms. The number of halogens is 1. The van der Waals surface area contributed by atoms with E-state index in [1.54, 1.807) is 12.1 Å². The molecule has 0 aliphatic carbocycles. The molecule has 0 aromatic heterocycles. The van der Waals surface area contributed by atoms with Crippen molar-refractivity contribution in [2.24, 2.45) is 0 Å². The van der Waals surface area contributed by atoms with E-state index in [9.17, 15) is 9.50 Å². The molecule has 1 aliphatic heterocycles. The van der Waals surface area contributed by atoms with Gasteiger partial charge in [-0.15, -0.1) is 0 Å².